The Hall–Kier alpha value is -3.16. The Morgan fingerprint density at radius 1 is 1.00 bits per heavy atom. The van der Waals surface area contributed by atoms with E-state index in [-0.39, 0.29) is 23.4 Å². The second-order valence-electron chi connectivity index (χ2n) is 8.59. The van der Waals surface area contributed by atoms with Crippen LogP contribution in [0.4, 0.5) is 0 Å². The number of hydrogen-bond donors (Lipinski definition) is 1. The van der Waals surface area contributed by atoms with Crippen LogP contribution in [0.15, 0.2) is 83.8 Å². The summed E-state index contributed by atoms with van der Waals surface area (Å²) in [5.74, 6) is 0.0433. The summed E-state index contributed by atoms with van der Waals surface area (Å²) in [6, 6.07) is 23.9. The molecule has 6 nitrogen and oxygen atoms in total. The lowest BCUT2D eigenvalue weighted by Crippen LogP contribution is -2.46. The van der Waals surface area contributed by atoms with E-state index in [0.29, 0.717) is 25.1 Å². The van der Waals surface area contributed by atoms with Gasteiger partial charge in [-0.1, -0.05) is 54.6 Å². The van der Waals surface area contributed by atoms with E-state index in [1.807, 2.05) is 61.5 Å². The number of aryl methyl sites for hydroxylation is 1. The fraction of sp³-hybridized carbons (Fsp3) is 0.296. The summed E-state index contributed by atoms with van der Waals surface area (Å²) in [6.45, 7) is 2.59. The fourth-order valence-corrected chi connectivity index (χ4v) is 5.95. The zero-order valence-electron chi connectivity index (χ0n) is 19.5. The van der Waals surface area contributed by atoms with Crippen LogP contribution in [0.25, 0.3) is 0 Å². The highest BCUT2D eigenvalue weighted by Gasteiger charge is 2.34. The minimum Gasteiger partial charge on any atom is -0.497 e. The standard InChI is InChI=1S/C27H30N2O4S/c1-20-9-6-7-13-25(20)26(21-10-4-3-5-11-21)28-27(30)22-12-8-18-29(19-22)34(31,32)24-16-14-23(33-2)15-17-24/h3-7,9-11,13-17,22,26H,8,12,18-19H2,1-2H3,(H,28,30)/t22-,26+/m1/s1. The van der Waals surface area contributed by atoms with Crippen molar-refractivity contribution in [2.24, 2.45) is 5.92 Å². The summed E-state index contributed by atoms with van der Waals surface area (Å²) in [6.07, 6.45) is 1.28. The largest absolute Gasteiger partial charge is 0.497 e. The molecule has 178 valence electrons. The third kappa shape index (κ3) is 5.16. The summed E-state index contributed by atoms with van der Waals surface area (Å²) in [7, 11) is -2.16. The molecular formula is C27H30N2O4S. The number of ether oxygens (including phenoxy) is 1. The number of hydrogen-bond acceptors (Lipinski definition) is 4. The first-order chi connectivity index (χ1) is 16.4. The molecule has 1 aliphatic rings. The molecule has 7 heteroatoms. The van der Waals surface area contributed by atoms with Gasteiger partial charge in [0.2, 0.25) is 15.9 Å². The Kier molecular flexibility index (Phi) is 7.34. The molecule has 34 heavy (non-hydrogen) atoms. The summed E-state index contributed by atoms with van der Waals surface area (Å²) in [5.41, 5.74) is 3.10. The molecule has 1 N–H and O–H groups in total. The molecule has 0 bridgehead atoms. The van der Waals surface area contributed by atoms with E-state index in [4.69, 9.17) is 4.74 Å². The highest BCUT2D eigenvalue weighted by Crippen LogP contribution is 2.28. The Morgan fingerprint density at radius 3 is 2.35 bits per heavy atom. The number of carbonyl (C=O) groups excluding carboxylic acids is 1. The quantitative estimate of drug-likeness (QED) is 0.549. The molecule has 4 rings (SSSR count). The van der Waals surface area contributed by atoms with Gasteiger partial charge in [-0.15, -0.1) is 0 Å². The van der Waals surface area contributed by atoms with Crippen LogP contribution in [0, 0.1) is 12.8 Å². The predicted molar refractivity (Wildman–Crippen MR) is 132 cm³/mol. The van der Waals surface area contributed by atoms with Crippen molar-refractivity contribution < 1.29 is 17.9 Å². The number of sulfonamides is 1. The first-order valence-corrected chi connectivity index (χ1v) is 12.9. The highest BCUT2D eigenvalue weighted by atomic mass is 32.2. The first kappa shape index (κ1) is 24.0. The number of amides is 1. The van der Waals surface area contributed by atoms with E-state index in [9.17, 15) is 13.2 Å². The molecule has 3 aromatic rings. The van der Waals surface area contributed by atoms with E-state index in [1.54, 1.807) is 24.3 Å². The summed E-state index contributed by atoms with van der Waals surface area (Å²) < 4.78 is 33.0. The zero-order chi connectivity index (χ0) is 24.1. The number of methoxy groups -OCH3 is 1. The van der Waals surface area contributed by atoms with Crippen molar-refractivity contribution in [3.05, 3.63) is 95.6 Å². The Balaban J connectivity index is 1.54. The van der Waals surface area contributed by atoms with Gasteiger partial charge in [0.05, 0.1) is 24.0 Å². The lowest BCUT2D eigenvalue weighted by atomic mass is 9.93. The molecule has 0 aliphatic carbocycles. The van der Waals surface area contributed by atoms with Crippen LogP contribution in [-0.2, 0) is 14.8 Å². The normalized spacial score (nSPS) is 17.6. The van der Waals surface area contributed by atoms with E-state index < -0.39 is 15.9 Å². The van der Waals surface area contributed by atoms with E-state index in [2.05, 4.69) is 5.32 Å². The van der Waals surface area contributed by atoms with Crippen LogP contribution < -0.4 is 10.1 Å². The summed E-state index contributed by atoms with van der Waals surface area (Å²) in [5, 5.41) is 3.21. The molecule has 0 unspecified atom stereocenters. The van der Waals surface area contributed by atoms with Crippen LogP contribution in [0.1, 0.15) is 35.6 Å². The van der Waals surface area contributed by atoms with Gasteiger partial charge in [0.25, 0.3) is 0 Å². The Labute approximate surface area is 201 Å². The van der Waals surface area contributed by atoms with E-state index >= 15 is 0 Å². The highest BCUT2D eigenvalue weighted by molar-refractivity contribution is 7.89. The lowest BCUT2D eigenvalue weighted by Gasteiger charge is -2.32. The monoisotopic (exact) mass is 478 g/mol. The molecule has 0 radical (unpaired) electrons. The molecule has 0 aromatic heterocycles. The topological polar surface area (TPSA) is 75.7 Å². The average Bonchev–Trinajstić information content (AvgIpc) is 2.88. The van der Waals surface area contributed by atoms with Gasteiger partial charge in [-0.2, -0.15) is 4.31 Å². The second-order valence-corrected chi connectivity index (χ2v) is 10.5. The third-order valence-electron chi connectivity index (χ3n) is 6.37. The van der Waals surface area contributed by atoms with Gasteiger partial charge in [-0.25, -0.2) is 8.42 Å². The van der Waals surface area contributed by atoms with Gasteiger partial charge >= 0.3 is 0 Å². The molecule has 3 aromatic carbocycles. The van der Waals surface area contributed by atoms with Gasteiger partial charge in [-0.3, -0.25) is 4.79 Å². The van der Waals surface area contributed by atoms with Crippen molar-refractivity contribution in [1.82, 2.24) is 9.62 Å². The van der Waals surface area contributed by atoms with Gasteiger partial charge in [0.15, 0.2) is 0 Å². The molecule has 0 spiro atoms. The predicted octanol–water partition coefficient (Wildman–Crippen LogP) is 4.31. The number of carbonyl (C=O) groups is 1. The van der Waals surface area contributed by atoms with Crippen LogP contribution in [0.5, 0.6) is 5.75 Å². The molecule has 1 saturated heterocycles. The second kappa shape index (κ2) is 10.4. The number of rotatable bonds is 7. The minimum atomic E-state index is -3.70. The number of nitrogens with zero attached hydrogens (tertiary/aromatic N) is 1. The zero-order valence-corrected chi connectivity index (χ0v) is 20.3. The Morgan fingerprint density at radius 2 is 1.68 bits per heavy atom. The maximum absolute atomic E-state index is 13.4. The van der Waals surface area contributed by atoms with E-state index in [1.165, 1.54) is 11.4 Å². The van der Waals surface area contributed by atoms with Gasteiger partial charge < -0.3 is 10.1 Å². The van der Waals surface area contributed by atoms with E-state index in [0.717, 1.165) is 16.7 Å². The molecule has 1 amide bonds. The molecule has 1 fully saturated rings. The molecule has 1 aliphatic heterocycles. The van der Waals surface area contributed by atoms with Crippen molar-refractivity contribution in [3.63, 3.8) is 0 Å². The lowest BCUT2D eigenvalue weighted by molar-refractivity contribution is -0.126. The summed E-state index contributed by atoms with van der Waals surface area (Å²) in [4.78, 5) is 13.6. The molecular weight excluding hydrogens is 448 g/mol. The molecule has 1 heterocycles. The van der Waals surface area contributed by atoms with Crippen LogP contribution in [0.3, 0.4) is 0 Å². The van der Waals surface area contributed by atoms with Gasteiger partial charge in [0, 0.05) is 13.1 Å². The third-order valence-corrected chi connectivity index (χ3v) is 8.25. The van der Waals surface area contributed by atoms with Crippen molar-refractivity contribution in [2.45, 2.75) is 30.7 Å². The minimum absolute atomic E-state index is 0.133. The smallest absolute Gasteiger partial charge is 0.243 e. The van der Waals surface area contributed by atoms with Gasteiger partial charge in [0.1, 0.15) is 5.75 Å². The summed E-state index contributed by atoms with van der Waals surface area (Å²) >= 11 is 0. The fourth-order valence-electron chi connectivity index (χ4n) is 4.43. The molecule has 0 saturated carbocycles. The van der Waals surface area contributed by atoms with Crippen LogP contribution >= 0.6 is 0 Å². The van der Waals surface area contributed by atoms with Crippen molar-refractivity contribution in [2.75, 3.05) is 20.2 Å². The van der Waals surface area contributed by atoms with Crippen molar-refractivity contribution in [1.29, 1.82) is 0 Å². The molecule has 2 atom stereocenters. The number of benzene rings is 3. The number of piperidine rings is 1. The van der Waals surface area contributed by atoms with Crippen LogP contribution in [-0.4, -0.2) is 38.8 Å². The maximum atomic E-state index is 13.4. The number of nitrogens with one attached hydrogen (secondary N) is 1. The van der Waals surface area contributed by atoms with Crippen molar-refractivity contribution >= 4 is 15.9 Å². The maximum Gasteiger partial charge on any atom is 0.243 e. The first-order valence-electron chi connectivity index (χ1n) is 11.4. The SMILES string of the molecule is COc1ccc(S(=O)(=O)N2CCC[C@@H](C(=O)N[C@@H](c3ccccc3)c3ccccc3C)C2)cc1. The average molecular weight is 479 g/mol. The van der Waals surface area contributed by atoms with Crippen LogP contribution in [0.2, 0.25) is 0 Å². The van der Waals surface area contributed by atoms with Gasteiger partial charge in [-0.05, 0) is 60.7 Å². The van der Waals surface area contributed by atoms with Crippen molar-refractivity contribution in [3.8, 4) is 5.75 Å². The Bertz CT molecular complexity index is 1230.